The second-order valence-corrected chi connectivity index (χ2v) is 4.93. The van der Waals surface area contributed by atoms with E-state index >= 15 is 0 Å². The molecule has 3 heteroatoms. The molecule has 15 heavy (non-hydrogen) atoms. The van der Waals surface area contributed by atoms with E-state index in [4.69, 9.17) is 5.73 Å². The van der Waals surface area contributed by atoms with Crippen molar-refractivity contribution >= 4 is 21.6 Å². The lowest BCUT2D eigenvalue weighted by atomic mass is 9.98. The van der Waals surface area contributed by atoms with Gasteiger partial charge in [0, 0.05) is 29.2 Å². The Bertz CT molecular complexity index is 351. The van der Waals surface area contributed by atoms with Gasteiger partial charge in [-0.05, 0) is 43.7 Å². The van der Waals surface area contributed by atoms with Gasteiger partial charge < -0.3 is 10.6 Å². The number of nitrogens with zero attached hydrogens (tertiary/aromatic N) is 1. The number of hydrogen-bond acceptors (Lipinski definition) is 2. The van der Waals surface area contributed by atoms with Crippen LogP contribution in [0.1, 0.15) is 24.8 Å². The van der Waals surface area contributed by atoms with E-state index in [1.165, 1.54) is 15.7 Å². The molecule has 0 aromatic heterocycles. The van der Waals surface area contributed by atoms with Gasteiger partial charge in [-0.15, -0.1) is 0 Å². The largest absolute Gasteiger partial charge is 0.371 e. The van der Waals surface area contributed by atoms with Crippen molar-refractivity contribution in [2.45, 2.75) is 19.3 Å². The number of anilines is 1. The number of fused-ring (bicyclic) bond motifs is 1. The van der Waals surface area contributed by atoms with Crippen LogP contribution in [-0.2, 0) is 0 Å². The first-order chi connectivity index (χ1) is 7.26. The first kappa shape index (κ1) is 11.0. The zero-order chi connectivity index (χ0) is 10.8. The maximum absolute atomic E-state index is 5.66. The third-order valence-electron chi connectivity index (χ3n) is 3.11. The van der Waals surface area contributed by atoms with Crippen LogP contribution in [0, 0.1) is 0 Å². The number of rotatable bonds is 3. The molecule has 2 N–H and O–H groups in total. The van der Waals surface area contributed by atoms with Crippen LogP contribution in [0.25, 0.3) is 0 Å². The molecule has 1 aromatic carbocycles. The van der Waals surface area contributed by atoms with Crippen LogP contribution in [0.3, 0.4) is 0 Å². The van der Waals surface area contributed by atoms with Crippen LogP contribution in [0.15, 0.2) is 22.7 Å². The minimum atomic E-state index is 0.613. The fourth-order valence-corrected chi connectivity index (χ4v) is 2.73. The normalized spacial score (nSPS) is 19.4. The van der Waals surface area contributed by atoms with E-state index in [9.17, 15) is 0 Å². The molecule has 0 amide bonds. The molecule has 1 unspecified atom stereocenters. The molecular weight excluding hydrogens is 252 g/mol. The minimum absolute atomic E-state index is 0.613. The summed E-state index contributed by atoms with van der Waals surface area (Å²) in [7, 11) is 0. The van der Waals surface area contributed by atoms with Crippen molar-refractivity contribution in [2.24, 2.45) is 5.73 Å². The fraction of sp³-hybridized carbons (Fsp3) is 0.500. The van der Waals surface area contributed by atoms with Gasteiger partial charge in [-0.1, -0.05) is 15.9 Å². The van der Waals surface area contributed by atoms with Crippen molar-refractivity contribution in [3.63, 3.8) is 0 Å². The van der Waals surface area contributed by atoms with E-state index in [2.05, 4.69) is 46.0 Å². The number of halogens is 1. The van der Waals surface area contributed by atoms with E-state index in [0.717, 1.165) is 26.1 Å². The lowest BCUT2D eigenvalue weighted by Crippen LogP contribution is -2.21. The van der Waals surface area contributed by atoms with E-state index < -0.39 is 0 Å². The van der Waals surface area contributed by atoms with Gasteiger partial charge in [0.2, 0.25) is 0 Å². The molecule has 0 fully saturated rings. The number of nitrogens with two attached hydrogens (primary N) is 1. The van der Waals surface area contributed by atoms with Crippen molar-refractivity contribution in [1.29, 1.82) is 0 Å². The maximum atomic E-state index is 5.66. The molecule has 82 valence electrons. The predicted molar refractivity (Wildman–Crippen MR) is 68.4 cm³/mol. The van der Waals surface area contributed by atoms with Gasteiger partial charge in [0.05, 0.1) is 0 Å². The zero-order valence-corrected chi connectivity index (χ0v) is 10.6. The summed E-state index contributed by atoms with van der Waals surface area (Å²) >= 11 is 3.54. The smallest absolute Gasteiger partial charge is 0.0403 e. The second kappa shape index (κ2) is 4.54. The van der Waals surface area contributed by atoms with Crippen molar-refractivity contribution in [2.75, 3.05) is 24.5 Å². The van der Waals surface area contributed by atoms with Crippen LogP contribution in [-0.4, -0.2) is 19.6 Å². The molecule has 0 spiro atoms. The van der Waals surface area contributed by atoms with Crippen LogP contribution in [0.4, 0.5) is 5.69 Å². The van der Waals surface area contributed by atoms with Gasteiger partial charge >= 0.3 is 0 Å². The predicted octanol–water partition coefficient (Wildman–Crippen LogP) is 2.72. The quantitative estimate of drug-likeness (QED) is 0.914. The lowest BCUT2D eigenvalue weighted by Gasteiger charge is -2.16. The second-order valence-electron chi connectivity index (χ2n) is 4.02. The average molecular weight is 269 g/mol. The average Bonchev–Trinajstić information content (AvgIpc) is 2.57. The summed E-state index contributed by atoms with van der Waals surface area (Å²) in [5, 5.41) is 0. The zero-order valence-electron chi connectivity index (χ0n) is 9.04. The molecule has 1 aliphatic heterocycles. The van der Waals surface area contributed by atoms with Gasteiger partial charge in [0.15, 0.2) is 0 Å². The van der Waals surface area contributed by atoms with Crippen LogP contribution in [0.2, 0.25) is 0 Å². The first-order valence-electron chi connectivity index (χ1n) is 5.50. The molecule has 1 heterocycles. The SMILES string of the molecule is CCN1CC(CCN)c2cc(Br)ccc21. The molecule has 2 nitrogen and oxygen atoms in total. The summed E-state index contributed by atoms with van der Waals surface area (Å²) < 4.78 is 1.17. The first-order valence-corrected chi connectivity index (χ1v) is 6.30. The van der Waals surface area contributed by atoms with E-state index in [1.807, 2.05) is 0 Å². The van der Waals surface area contributed by atoms with Gasteiger partial charge in [0.25, 0.3) is 0 Å². The number of benzene rings is 1. The molecule has 1 aromatic rings. The highest BCUT2D eigenvalue weighted by Crippen LogP contribution is 2.39. The van der Waals surface area contributed by atoms with Gasteiger partial charge in [0.1, 0.15) is 0 Å². The molecule has 2 rings (SSSR count). The van der Waals surface area contributed by atoms with Crippen LogP contribution < -0.4 is 10.6 Å². The maximum Gasteiger partial charge on any atom is 0.0403 e. The Kier molecular flexibility index (Phi) is 3.32. The van der Waals surface area contributed by atoms with Gasteiger partial charge in [-0.3, -0.25) is 0 Å². The molecule has 0 saturated heterocycles. The Labute approximate surface area is 99.6 Å². The highest BCUT2D eigenvalue weighted by Gasteiger charge is 2.26. The minimum Gasteiger partial charge on any atom is -0.371 e. The van der Waals surface area contributed by atoms with Crippen LogP contribution in [0.5, 0.6) is 0 Å². The van der Waals surface area contributed by atoms with Crippen LogP contribution >= 0.6 is 15.9 Å². The van der Waals surface area contributed by atoms with Crippen molar-refractivity contribution in [3.05, 3.63) is 28.2 Å². The Morgan fingerprint density at radius 3 is 3.00 bits per heavy atom. The van der Waals surface area contributed by atoms with E-state index in [-0.39, 0.29) is 0 Å². The Morgan fingerprint density at radius 1 is 1.53 bits per heavy atom. The van der Waals surface area contributed by atoms with Crippen molar-refractivity contribution < 1.29 is 0 Å². The Hall–Kier alpha value is -0.540. The monoisotopic (exact) mass is 268 g/mol. The Balaban J connectivity index is 2.34. The molecule has 0 aliphatic carbocycles. The summed E-state index contributed by atoms with van der Waals surface area (Å²) in [5.74, 6) is 0.613. The summed E-state index contributed by atoms with van der Waals surface area (Å²) in [5.41, 5.74) is 8.50. The number of likely N-dealkylation sites (N-methyl/N-ethyl adjacent to an activating group) is 1. The molecule has 0 bridgehead atoms. The summed E-state index contributed by atoms with van der Waals surface area (Å²) in [6.07, 6.45) is 1.08. The number of hydrogen-bond donors (Lipinski definition) is 1. The van der Waals surface area contributed by atoms with Gasteiger partial charge in [-0.2, -0.15) is 0 Å². The third-order valence-corrected chi connectivity index (χ3v) is 3.60. The molecule has 0 saturated carbocycles. The molecular formula is C12H17BrN2. The Morgan fingerprint density at radius 2 is 2.33 bits per heavy atom. The van der Waals surface area contributed by atoms with E-state index in [0.29, 0.717) is 5.92 Å². The molecule has 1 aliphatic rings. The standard InChI is InChI=1S/C12H17BrN2/c1-2-15-8-9(5-6-14)11-7-10(13)3-4-12(11)15/h3-4,7,9H,2,5-6,8,14H2,1H3. The summed E-state index contributed by atoms with van der Waals surface area (Å²) in [4.78, 5) is 2.43. The summed E-state index contributed by atoms with van der Waals surface area (Å²) in [6.45, 7) is 5.18. The topological polar surface area (TPSA) is 29.3 Å². The molecule has 0 radical (unpaired) electrons. The van der Waals surface area contributed by atoms with E-state index in [1.54, 1.807) is 0 Å². The van der Waals surface area contributed by atoms with Crippen molar-refractivity contribution in [3.8, 4) is 0 Å². The fourth-order valence-electron chi connectivity index (χ4n) is 2.35. The highest BCUT2D eigenvalue weighted by molar-refractivity contribution is 9.10. The highest BCUT2D eigenvalue weighted by atomic mass is 79.9. The molecule has 1 atom stereocenters. The van der Waals surface area contributed by atoms with Crippen molar-refractivity contribution in [1.82, 2.24) is 0 Å². The third kappa shape index (κ3) is 2.04. The summed E-state index contributed by atoms with van der Waals surface area (Å²) in [6, 6.07) is 6.57. The van der Waals surface area contributed by atoms with Gasteiger partial charge in [-0.25, -0.2) is 0 Å². The lowest BCUT2D eigenvalue weighted by molar-refractivity contribution is 0.650.